The summed E-state index contributed by atoms with van der Waals surface area (Å²) >= 11 is 1.50. The summed E-state index contributed by atoms with van der Waals surface area (Å²) in [5.74, 6) is -0.126. The second kappa shape index (κ2) is 10.8. The molecule has 0 radical (unpaired) electrons. The molecule has 3 aromatic carbocycles. The van der Waals surface area contributed by atoms with Crippen molar-refractivity contribution < 1.29 is 4.79 Å². The number of hydrogen-bond acceptors (Lipinski definition) is 4. The molecular weight excluding hydrogens is 430 g/mol. The van der Waals surface area contributed by atoms with Crippen LogP contribution in [0.25, 0.3) is 5.69 Å². The van der Waals surface area contributed by atoms with E-state index in [4.69, 9.17) is 0 Å². The number of nitrogens with one attached hydrogen (secondary N) is 1. The first-order valence-electron chi connectivity index (χ1n) is 10.9. The molecule has 0 aliphatic rings. The van der Waals surface area contributed by atoms with Crippen molar-refractivity contribution in [3.63, 3.8) is 0 Å². The zero-order valence-corrected chi connectivity index (χ0v) is 19.2. The van der Waals surface area contributed by atoms with Gasteiger partial charge in [0, 0.05) is 23.1 Å². The summed E-state index contributed by atoms with van der Waals surface area (Å²) in [6.45, 7) is 2.65. The highest BCUT2D eigenvalue weighted by Gasteiger charge is 2.08. The lowest BCUT2D eigenvalue weighted by Crippen LogP contribution is -2.25. The topological polar surface area (TPSA) is 64.0 Å². The Morgan fingerprint density at radius 1 is 0.909 bits per heavy atom. The van der Waals surface area contributed by atoms with Crippen molar-refractivity contribution in [2.24, 2.45) is 0 Å². The smallest absolute Gasteiger partial charge is 0.271 e. The summed E-state index contributed by atoms with van der Waals surface area (Å²) < 4.78 is 1.36. The van der Waals surface area contributed by atoms with Crippen LogP contribution in [-0.2, 0) is 6.42 Å². The van der Waals surface area contributed by atoms with Crippen LogP contribution in [0.5, 0.6) is 0 Å². The van der Waals surface area contributed by atoms with Crippen LogP contribution in [0.3, 0.4) is 0 Å². The largest absolute Gasteiger partial charge is 0.352 e. The lowest BCUT2D eigenvalue weighted by molar-refractivity contribution is 0.0953. The molecule has 0 atom stereocenters. The average Bonchev–Trinajstić information content (AvgIpc) is 2.85. The van der Waals surface area contributed by atoms with Gasteiger partial charge in [0.1, 0.15) is 5.03 Å². The molecule has 0 fully saturated rings. The van der Waals surface area contributed by atoms with Gasteiger partial charge in [-0.3, -0.25) is 9.59 Å². The predicted octanol–water partition coefficient (Wildman–Crippen LogP) is 5.05. The molecule has 0 aliphatic carbocycles. The molecule has 6 heteroatoms. The van der Waals surface area contributed by atoms with E-state index in [0.29, 0.717) is 17.8 Å². The Labute approximate surface area is 197 Å². The molecule has 5 nitrogen and oxygen atoms in total. The number of amides is 1. The third kappa shape index (κ3) is 6.20. The minimum atomic E-state index is -0.221. The van der Waals surface area contributed by atoms with E-state index in [1.807, 2.05) is 49.4 Å². The standard InChI is InChI=1S/C27H25N3O2S/c1-20-9-15-24(16-10-20)33-25-17-18-26(31)30(29-25)23-13-11-22(12-14-23)27(32)28-19-5-8-21-6-3-2-4-7-21/h2-4,6-7,9-18H,5,8,19H2,1H3,(H,28,32). The van der Waals surface area contributed by atoms with Gasteiger partial charge in [-0.15, -0.1) is 0 Å². The predicted molar refractivity (Wildman–Crippen MR) is 132 cm³/mol. The van der Waals surface area contributed by atoms with Crippen molar-refractivity contribution in [2.75, 3.05) is 6.54 Å². The highest BCUT2D eigenvalue weighted by atomic mass is 32.2. The molecule has 0 aliphatic heterocycles. The Balaban J connectivity index is 1.38. The van der Waals surface area contributed by atoms with Gasteiger partial charge < -0.3 is 5.32 Å². The fraction of sp³-hybridized carbons (Fsp3) is 0.148. The third-order valence-corrected chi connectivity index (χ3v) is 6.10. The second-order valence-corrected chi connectivity index (χ2v) is 8.82. The lowest BCUT2D eigenvalue weighted by Gasteiger charge is -2.09. The summed E-state index contributed by atoms with van der Waals surface area (Å²) in [6.07, 6.45) is 1.80. The van der Waals surface area contributed by atoms with E-state index in [1.54, 1.807) is 30.3 Å². The third-order valence-electron chi connectivity index (χ3n) is 5.16. The monoisotopic (exact) mass is 455 g/mol. The molecule has 1 heterocycles. The van der Waals surface area contributed by atoms with Crippen LogP contribution in [0.2, 0.25) is 0 Å². The van der Waals surface area contributed by atoms with Gasteiger partial charge in [-0.05, 0) is 67.8 Å². The fourth-order valence-corrected chi connectivity index (χ4v) is 4.13. The molecular formula is C27H25N3O2S. The molecule has 4 aromatic rings. The summed E-state index contributed by atoms with van der Waals surface area (Å²) in [6, 6.07) is 28.5. The van der Waals surface area contributed by atoms with Gasteiger partial charge in [0.25, 0.3) is 11.5 Å². The molecule has 0 saturated carbocycles. The van der Waals surface area contributed by atoms with Crippen molar-refractivity contribution >= 4 is 17.7 Å². The van der Waals surface area contributed by atoms with E-state index in [0.717, 1.165) is 22.8 Å². The van der Waals surface area contributed by atoms with Crippen LogP contribution in [0.1, 0.15) is 27.9 Å². The highest BCUT2D eigenvalue weighted by Crippen LogP contribution is 2.25. The molecule has 0 bridgehead atoms. The maximum absolute atomic E-state index is 12.5. The van der Waals surface area contributed by atoms with Crippen LogP contribution in [0.15, 0.2) is 106 Å². The van der Waals surface area contributed by atoms with Crippen molar-refractivity contribution in [2.45, 2.75) is 29.7 Å². The van der Waals surface area contributed by atoms with Gasteiger partial charge in [0.15, 0.2) is 0 Å². The van der Waals surface area contributed by atoms with Gasteiger partial charge in [0.05, 0.1) is 5.69 Å². The van der Waals surface area contributed by atoms with E-state index in [9.17, 15) is 9.59 Å². The minimum absolute atomic E-state index is 0.126. The average molecular weight is 456 g/mol. The van der Waals surface area contributed by atoms with Crippen molar-refractivity contribution in [1.82, 2.24) is 15.1 Å². The summed E-state index contributed by atoms with van der Waals surface area (Å²) in [5.41, 5.74) is 3.40. The Hall–Kier alpha value is -3.64. The number of rotatable bonds is 8. The molecule has 1 amide bonds. The van der Waals surface area contributed by atoms with Gasteiger partial charge in [-0.25, -0.2) is 0 Å². The van der Waals surface area contributed by atoms with E-state index < -0.39 is 0 Å². The van der Waals surface area contributed by atoms with Gasteiger partial charge in [-0.1, -0.05) is 59.8 Å². The Morgan fingerprint density at radius 3 is 2.36 bits per heavy atom. The minimum Gasteiger partial charge on any atom is -0.352 e. The second-order valence-electron chi connectivity index (χ2n) is 7.73. The molecule has 1 aromatic heterocycles. The zero-order chi connectivity index (χ0) is 23.0. The highest BCUT2D eigenvalue weighted by molar-refractivity contribution is 7.99. The quantitative estimate of drug-likeness (QED) is 0.378. The van der Waals surface area contributed by atoms with E-state index in [2.05, 4.69) is 22.5 Å². The van der Waals surface area contributed by atoms with Crippen LogP contribution in [-0.4, -0.2) is 22.2 Å². The number of benzene rings is 3. The Kier molecular flexibility index (Phi) is 7.37. The Bertz CT molecular complexity index is 1270. The normalized spacial score (nSPS) is 10.7. The van der Waals surface area contributed by atoms with Crippen LogP contribution < -0.4 is 10.9 Å². The molecule has 166 valence electrons. The number of aryl methyl sites for hydroxylation is 2. The van der Waals surface area contributed by atoms with Gasteiger partial charge >= 0.3 is 0 Å². The number of aromatic nitrogens is 2. The molecule has 4 rings (SSSR count). The SMILES string of the molecule is Cc1ccc(Sc2ccc(=O)n(-c3ccc(C(=O)NCCCc4ccccc4)cc3)n2)cc1. The summed E-state index contributed by atoms with van der Waals surface area (Å²) in [4.78, 5) is 25.9. The van der Waals surface area contributed by atoms with E-state index >= 15 is 0 Å². The summed E-state index contributed by atoms with van der Waals surface area (Å²) in [5, 5.41) is 8.17. The van der Waals surface area contributed by atoms with Crippen LogP contribution >= 0.6 is 11.8 Å². The van der Waals surface area contributed by atoms with Crippen molar-refractivity contribution in [3.8, 4) is 5.69 Å². The fourth-order valence-electron chi connectivity index (χ4n) is 3.36. The number of hydrogen-bond donors (Lipinski definition) is 1. The number of carbonyl (C=O) groups excluding carboxylic acids is 1. The first-order valence-corrected chi connectivity index (χ1v) is 11.7. The zero-order valence-electron chi connectivity index (χ0n) is 18.4. The molecule has 33 heavy (non-hydrogen) atoms. The first kappa shape index (κ1) is 22.6. The maximum atomic E-state index is 12.5. The molecule has 1 N–H and O–H groups in total. The molecule has 0 unspecified atom stereocenters. The number of carbonyl (C=O) groups is 1. The Morgan fingerprint density at radius 2 is 1.64 bits per heavy atom. The molecule has 0 spiro atoms. The van der Waals surface area contributed by atoms with E-state index in [1.165, 1.54) is 33.6 Å². The number of nitrogens with zero attached hydrogens (tertiary/aromatic N) is 2. The van der Waals surface area contributed by atoms with Crippen LogP contribution in [0.4, 0.5) is 0 Å². The summed E-state index contributed by atoms with van der Waals surface area (Å²) in [7, 11) is 0. The van der Waals surface area contributed by atoms with Crippen molar-refractivity contribution in [3.05, 3.63) is 118 Å². The van der Waals surface area contributed by atoms with Gasteiger partial charge in [0.2, 0.25) is 0 Å². The van der Waals surface area contributed by atoms with E-state index in [-0.39, 0.29) is 11.5 Å². The maximum Gasteiger partial charge on any atom is 0.271 e. The van der Waals surface area contributed by atoms with Crippen LogP contribution in [0, 0.1) is 6.92 Å². The first-order chi connectivity index (χ1) is 16.1. The van der Waals surface area contributed by atoms with Gasteiger partial charge in [-0.2, -0.15) is 9.78 Å². The van der Waals surface area contributed by atoms with Crippen molar-refractivity contribution in [1.29, 1.82) is 0 Å². The lowest BCUT2D eigenvalue weighted by atomic mass is 10.1. The molecule has 0 saturated heterocycles.